The van der Waals surface area contributed by atoms with Gasteiger partial charge >= 0.3 is 0 Å². The van der Waals surface area contributed by atoms with E-state index in [1.54, 1.807) is 12.3 Å². The second-order valence-corrected chi connectivity index (χ2v) is 4.22. The van der Waals surface area contributed by atoms with Gasteiger partial charge in [0.25, 0.3) is 5.91 Å². The number of furan rings is 1. The number of amides is 1. The molecule has 0 saturated heterocycles. The van der Waals surface area contributed by atoms with Crippen molar-refractivity contribution in [3.63, 3.8) is 0 Å². The van der Waals surface area contributed by atoms with E-state index >= 15 is 0 Å². The van der Waals surface area contributed by atoms with Gasteiger partial charge in [-0.3, -0.25) is 4.79 Å². The summed E-state index contributed by atoms with van der Waals surface area (Å²) in [7, 11) is 1.93. The molecule has 0 aliphatic carbocycles. The molecule has 2 rings (SSSR count). The molecule has 0 aliphatic rings. The molecule has 1 N–H and O–H groups in total. The molecule has 18 heavy (non-hydrogen) atoms. The fourth-order valence-electron chi connectivity index (χ4n) is 1.90. The minimum absolute atomic E-state index is 0.0719. The second kappa shape index (κ2) is 5.53. The molecule has 0 bridgehead atoms. The molecule has 1 unspecified atom stereocenters. The molecule has 5 heteroatoms. The van der Waals surface area contributed by atoms with Crippen molar-refractivity contribution in [1.29, 1.82) is 0 Å². The predicted octanol–water partition coefficient (Wildman–Crippen LogP) is 2.28. The van der Waals surface area contributed by atoms with Crippen LogP contribution in [0.15, 0.2) is 35.4 Å². The van der Waals surface area contributed by atoms with Gasteiger partial charge in [-0.25, -0.2) is 4.98 Å². The van der Waals surface area contributed by atoms with Crippen molar-refractivity contribution in [3.05, 3.63) is 42.4 Å². The third-order valence-electron chi connectivity index (χ3n) is 2.84. The molecule has 2 aromatic heterocycles. The molecule has 0 fully saturated rings. The Morgan fingerprint density at radius 3 is 3.00 bits per heavy atom. The van der Waals surface area contributed by atoms with Crippen LogP contribution >= 0.6 is 0 Å². The number of imidazole rings is 1. The number of nitrogens with one attached hydrogen (secondary N) is 1. The number of hydrogen-bond acceptors (Lipinski definition) is 3. The van der Waals surface area contributed by atoms with Crippen LogP contribution in [0.5, 0.6) is 0 Å². The minimum Gasteiger partial charge on any atom is -0.472 e. The van der Waals surface area contributed by atoms with Gasteiger partial charge in [0.2, 0.25) is 0 Å². The first-order valence-corrected chi connectivity index (χ1v) is 6.02. The van der Waals surface area contributed by atoms with Crippen molar-refractivity contribution < 1.29 is 9.21 Å². The van der Waals surface area contributed by atoms with Gasteiger partial charge in [-0.2, -0.15) is 0 Å². The molecule has 5 nitrogen and oxygen atoms in total. The van der Waals surface area contributed by atoms with Crippen LogP contribution in [0.2, 0.25) is 0 Å². The maximum absolute atomic E-state index is 12.0. The number of hydrogen-bond donors (Lipinski definition) is 1. The maximum atomic E-state index is 12.0. The summed E-state index contributed by atoms with van der Waals surface area (Å²) < 4.78 is 6.84. The van der Waals surface area contributed by atoms with Crippen LogP contribution in [-0.4, -0.2) is 15.5 Å². The zero-order valence-corrected chi connectivity index (χ0v) is 10.6. The Morgan fingerprint density at radius 2 is 2.44 bits per heavy atom. The van der Waals surface area contributed by atoms with Crippen LogP contribution in [0.25, 0.3) is 0 Å². The van der Waals surface area contributed by atoms with Crippen molar-refractivity contribution in [2.24, 2.45) is 7.05 Å². The molecule has 96 valence electrons. The van der Waals surface area contributed by atoms with Crippen LogP contribution in [0, 0.1) is 0 Å². The van der Waals surface area contributed by atoms with Gasteiger partial charge in [-0.15, -0.1) is 0 Å². The van der Waals surface area contributed by atoms with E-state index < -0.39 is 0 Å². The molecule has 0 aliphatic heterocycles. The molecular weight excluding hydrogens is 230 g/mol. The molecule has 1 atom stereocenters. The number of aryl methyl sites for hydroxylation is 1. The topological polar surface area (TPSA) is 60.1 Å². The van der Waals surface area contributed by atoms with Gasteiger partial charge in [0.15, 0.2) is 0 Å². The number of nitrogens with zero attached hydrogens (tertiary/aromatic N) is 2. The van der Waals surface area contributed by atoms with Gasteiger partial charge in [0.1, 0.15) is 12.1 Å². The highest BCUT2D eigenvalue weighted by molar-refractivity contribution is 5.93. The minimum atomic E-state index is -0.134. The Hall–Kier alpha value is -2.04. The molecule has 0 radical (unpaired) electrons. The SMILES string of the molecule is CCCC(NC(=O)c1ccoc1)c1nccn1C. The zero-order valence-electron chi connectivity index (χ0n) is 10.6. The molecule has 0 saturated carbocycles. The number of carbonyl (C=O) groups is 1. The largest absolute Gasteiger partial charge is 0.472 e. The highest BCUT2D eigenvalue weighted by Crippen LogP contribution is 2.17. The van der Waals surface area contributed by atoms with E-state index in [1.165, 1.54) is 12.5 Å². The number of aromatic nitrogens is 2. The third kappa shape index (κ3) is 2.61. The quantitative estimate of drug-likeness (QED) is 0.881. The molecular formula is C13H17N3O2. The first kappa shape index (κ1) is 12.4. The lowest BCUT2D eigenvalue weighted by Gasteiger charge is -2.17. The Labute approximate surface area is 106 Å². The third-order valence-corrected chi connectivity index (χ3v) is 2.84. The van der Waals surface area contributed by atoms with Crippen molar-refractivity contribution in [1.82, 2.24) is 14.9 Å². The van der Waals surface area contributed by atoms with Crippen LogP contribution in [0.1, 0.15) is 42.0 Å². The summed E-state index contributed by atoms with van der Waals surface area (Å²) in [5.41, 5.74) is 0.533. The fraction of sp³-hybridized carbons (Fsp3) is 0.385. The molecule has 0 spiro atoms. The Balaban J connectivity index is 2.12. The van der Waals surface area contributed by atoms with Crippen molar-refractivity contribution in [3.8, 4) is 0 Å². The smallest absolute Gasteiger partial charge is 0.255 e. The van der Waals surface area contributed by atoms with Crippen molar-refractivity contribution in [2.45, 2.75) is 25.8 Å². The van der Waals surface area contributed by atoms with E-state index in [2.05, 4.69) is 17.2 Å². The summed E-state index contributed by atoms with van der Waals surface area (Å²) in [5.74, 6) is 0.735. The van der Waals surface area contributed by atoms with E-state index in [0.717, 1.165) is 18.7 Å². The fourth-order valence-corrected chi connectivity index (χ4v) is 1.90. The number of carbonyl (C=O) groups excluding carboxylic acids is 1. The lowest BCUT2D eigenvalue weighted by molar-refractivity contribution is 0.0931. The zero-order chi connectivity index (χ0) is 13.0. The average molecular weight is 247 g/mol. The Bertz CT molecular complexity index is 502. The van der Waals surface area contributed by atoms with Crippen molar-refractivity contribution >= 4 is 5.91 Å². The summed E-state index contributed by atoms with van der Waals surface area (Å²) in [6, 6.07) is 1.58. The van der Waals surface area contributed by atoms with E-state index in [1.807, 2.05) is 17.8 Å². The van der Waals surface area contributed by atoms with Gasteiger partial charge in [0, 0.05) is 19.4 Å². The van der Waals surface area contributed by atoms with Gasteiger partial charge < -0.3 is 14.3 Å². The van der Waals surface area contributed by atoms with Crippen molar-refractivity contribution in [2.75, 3.05) is 0 Å². The molecule has 1 amide bonds. The summed E-state index contributed by atoms with van der Waals surface area (Å²) in [4.78, 5) is 16.3. The van der Waals surface area contributed by atoms with Gasteiger partial charge in [0.05, 0.1) is 17.9 Å². The van der Waals surface area contributed by atoms with E-state index in [-0.39, 0.29) is 11.9 Å². The Morgan fingerprint density at radius 1 is 1.61 bits per heavy atom. The highest BCUT2D eigenvalue weighted by Gasteiger charge is 2.18. The lowest BCUT2D eigenvalue weighted by atomic mass is 10.1. The maximum Gasteiger partial charge on any atom is 0.255 e. The normalized spacial score (nSPS) is 12.3. The first-order valence-electron chi connectivity index (χ1n) is 6.02. The summed E-state index contributed by atoms with van der Waals surface area (Å²) in [6.07, 6.45) is 8.38. The molecule has 0 aromatic carbocycles. The van der Waals surface area contributed by atoms with Crippen LogP contribution in [0.4, 0.5) is 0 Å². The van der Waals surface area contributed by atoms with E-state index in [0.29, 0.717) is 5.56 Å². The van der Waals surface area contributed by atoms with Crippen LogP contribution in [-0.2, 0) is 7.05 Å². The lowest BCUT2D eigenvalue weighted by Crippen LogP contribution is -2.30. The number of rotatable bonds is 5. The Kier molecular flexibility index (Phi) is 3.82. The van der Waals surface area contributed by atoms with Crippen LogP contribution in [0.3, 0.4) is 0 Å². The average Bonchev–Trinajstić information content (AvgIpc) is 2.99. The van der Waals surface area contributed by atoms with Crippen LogP contribution < -0.4 is 5.32 Å². The summed E-state index contributed by atoms with van der Waals surface area (Å²) >= 11 is 0. The van der Waals surface area contributed by atoms with E-state index in [9.17, 15) is 4.79 Å². The predicted molar refractivity (Wildman–Crippen MR) is 67.0 cm³/mol. The summed E-state index contributed by atoms with van der Waals surface area (Å²) in [5, 5.41) is 2.98. The molecule has 2 aromatic rings. The summed E-state index contributed by atoms with van der Waals surface area (Å²) in [6.45, 7) is 2.08. The van der Waals surface area contributed by atoms with Gasteiger partial charge in [-0.05, 0) is 12.5 Å². The molecule has 2 heterocycles. The standard InChI is InChI=1S/C13H17N3O2/c1-3-4-11(12-14-6-7-16(12)2)15-13(17)10-5-8-18-9-10/h5-9,11H,3-4H2,1-2H3,(H,15,17). The van der Waals surface area contributed by atoms with E-state index in [4.69, 9.17) is 4.42 Å². The first-order chi connectivity index (χ1) is 8.72. The van der Waals surface area contributed by atoms with Gasteiger partial charge in [-0.1, -0.05) is 13.3 Å². The highest BCUT2D eigenvalue weighted by atomic mass is 16.3. The second-order valence-electron chi connectivity index (χ2n) is 4.22. The monoisotopic (exact) mass is 247 g/mol.